The number of ether oxygens (including phenoxy) is 2. The molecule has 1 aromatic heterocycles. The van der Waals surface area contributed by atoms with E-state index in [1.54, 1.807) is 0 Å². The summed E-state index contributed by atoms with van der Waals surface area (Å²) in [6.07, 6.45) is 9.15. The van der Waals surface area contributed by atoms with Gasteiger partial charge in [-0.2, -0.15) is 0 Å². The number of nitrogens with zero attached hydrogens (tertiary/aromatic N) is 1. The highest BCUT2D eigenvalue weighted by atomic mass is 16.5. The van der Waals surface area contributed by atoms with Gasteiger partial charge in [-0.1, -0.05) is 104 Å². The maximum atomic E-state index is 7.24. The summed E-state index contributed by atoms with van der Waals surface area (Å²) in [6, 6.07) is 8.87. The second-order valence-corrected chi connectivity index (χ2v) is 13.5. The summed E-state index contributed by atoms with van der Waals surface area (Å²) >= 11 is 0. The van der Waals surface area contributed by atoms with Crippen molar-refractivity contribution in [3.63, 3.8) is 0 Å². The Morgan fingerprint density at radius 3 is 2.21 bits per heavy atom. The fourth-order valence-corrected chi connectivity index (χ4v) is 6.82. The molecule has 1 saturated carbocycles. The van der Waals surface area contributed by atoms with Crippen molar-refractivity contribution in [3.05, 3.63) is 70.0 Å². The molecule has 1 aromatic carbocycles. The van der Waals surface area contributed by atoms with E-state index in [2.05, 4.69) is 93.2 Å². The summed E-state index contributed by atoms with van der Waals surface area (Å²) in [4.78, 5) is 5.47. The molecule has 1 fully saturated rings. The first-order valence-electron chi connectivity index (χ1n) is 15.6. The molecule has 2 aromatic rings. The van der Waals surface area contributed by atoms with Gasteiger partial charge >= 0.3 is 0 Å². The second-order valence-electron chi connectivity index (χ2n) is 13.5. The highest BCUT2D eigenvalue weighted by Gasteiger charge is 2.53. The molecule has 5 rings (SSSR count). The van der Waals surface area contributed by atoms with Crippen LogP contribution in [0.25, 0.3) is 5.57 Å². The van der Waals surface area contributed by atoms with Crippen molar-refractivity contribution in [2.75, 3.05) is 0 Å². The number of hydrogen-bond acceptors (Lipinski definition) is 3. The Labute approximate surface area is 238 Å². The zero-order valence-electron chi connectivity index (χ0n) is 26.2. The third-order valence-electron chi connectivity index (χ3n) is 8.78. The van der Waals surface area contributed by atoms with Crippen LogP contribution in [0.1, 0.15) is 165 Å². The minimum Gasteiger partial charge on any atom is -0.370 e. The van der Waals surface area contributed by atoms with Gasteiger partial charge in [0, 0.05) is 22.5 Å². The van der Waals surface area contributed by atoms with Gasteiger partial charge in [-0.3, -0.25) is 4.98 Å². The lowest BCUT2D eigenvalue weighted by Crippen LogP contribution is -2.34. The number of rotatable bonds is 6. The minimum atomic E-state index is -0.220. The maximum absolute atomic E-state index is 7.24. The lowest BCUT2D eigenvalue weighted by Gasteiger charge is -2.40. The van der Waals surface area contributed by atoms with Crippen molar-refractivity contribution in [2.24, 2.45) is 5.41 Å². The number of pyridine rings is 1. The summed E-state index contributed by atoms with van der Waals surface area (Å²) in [5, 5.41) is 0. The van der Waals surface area contributed by atoms with E-state index in [1.165, 1.54) is 58.5 Å². The van der Waals surface area contributed by atoms with Gasteiger partial charge in [0.15, 0.2) is 0 Å². The standard InChI is InChI=1S/C33H45NO2.C3H8/c1-9-22(6)35-26-19-32(7,8)18-25-27(26)29-28(30(34-25)21(4)5)31(36-33(29)16-10-11-17-33)24-14-12-23(13-15-24)20(2)3;1-3-2/h12-15,21-22,26,31H,2,9-11,16-19H2,1,3-8H3;3H2,1-2H3/t22?,26-,31+;/m0./s1. The summed E-state index contributed by atoms with van der Waals surface area (Å²) in [5.74, 6) is 0.334. The van der Waals surface area contributed by atoms with E-state index in [-0.39, 0.29) is 29.3 Å². The van der Waals surface area contributed by atoms with Crippen molar-refractivity contribution in [1.82, 2.24) is 4.98 Å². The Morgan fingerprint density at radius 1 is 1.05 bits per heavy atom. The van der Waals surface area contributed by atoms with E-state index >= 15 is 0 Å². The predicted molar refractivity (Wildman–Crippen MR) is 164 cm³/mol. The van der Waals surface area contributed by atoms with Gasteiger partial charge in [0.25, 0.3) is 0 Å². The number of benzene rings is 1. The Bertz CT molecular complexity index is 1150. The Balaban J connectivity index is 0.00000112. The third-order valence-corrected chi connectivity index (χ3v) is 8.78. The zero-order valence-corrected chi connectivity index (χ0v) is 26.2. The van der Waals surface area contributed by atoms with Crippen LogP contribution in [0.2, 0.25) is 0 Å². The maximum Gasteiger partial charge on any atom is 0.111 e. The van der Waals surface area contributed by atoms with E-state index in [4.69, 9.17) is 14.5 Å². The van der Waals surface area contributed by atoms with Crippen LogP contribution in [0.5, 0.6) is 0 Å². The van der Waals surface area contributed by atoms with Crippen LogP contribution in [0.3, 0.4) is 0 Å². The molecule has 0 amide bonds. The second kappa shape index (κ2) is 11.9. The molecular weight excluding hydrogens is 478 g/mol. The van der Waals surface area contributed by atoms with Crippen LogP contribution < -0.4 is 0 Å². The number of fused-ring (bicyclic) bond motifs is 4. The van der Waals surface area contributed by atoms with Crippen LogP contribution in [0.15, 0.2) is 30.8 Å². The number of hydrogen-bond donors (Lipinski definition) is 0. The molecular formula is C36H53NO2. The zero-order chi connectivity index (χ0) is 28.5. The largest absolute Gasteiger partial charge is 0.370 e. The van der Waals surface area contributed by atoms with E-state index in [0.29, 0.717) is 5.92 Å². The molecule has 3 heteroatoms. The van der Waals surface area contributed by atoms with Crippen molar-refractivity contribution in [3.8, 4) is 0 Å². The molecule has 0 N–H and O–H groups in total. The Morgan fingerprint density at radius 2 is 1.67 bits per heavy atom. The average Bonchev–Trinajstić information content (AvgIpc) is 3.48. The molecule has 3 nitrogen and oxygen atoms in total. The first-order chi connectivity index (χ1) is 18.5. The number of allylic oxidation sites excluding steroid dienone is 1. The van der Waals surface area contributed by atoms with E-state index in [9.17, 15) is 0 Å². The van der Waals surface area contributed by atoms with Gasteiger partial charge in [0.1, 0.15) is 6.10 Å². The monoisotopic (exact) mass is 531 g/mol. The molecule has 0 bridgehead atoms. The Kier molecular flexibility index (Phi) is 9.13. The lowest BCUT2D eigenvalue weighted by molar-refractivity contribution is -0.0628. The molecule has 214 valence electrons. The molecule has 39 heavy (non-hydrogen) atoms. The quantitative estimate of drug-likeness (QED) is 0.371. The fraction of sp³-hybridized carbons (Fsp3) is 0.639. The average molecular weight is 532 g/mol. The van der Waals surface area contributed by atoms with Gasteiger partial charge in [-0.25, -0.2) is 0 Å². The summed E-state index contributed by atoms with van der Waals surface area (Å²) in [6.45, 7) is 24.2. The molecule has 0 radical (unpaired) electrons. The highest BCUT2D eigenvalue weighted by molar-refractivity contribution is 5.62. The Hall–Kier alpha value is -1.97. The van der Waals surface area contributed by atoms with E-state index < -0.39 is 0 Å². The van der Waals surface area contributed by atoms with Crippen molar-refractivity contribution in [1.29, 1.82) is 0 Å². The summed E-state index contributed by atoms with van der Waals surface area (Å²) in [7, 11) is 0. The van der Waals surface area contributed by atoms with Gasteiger partial charge in [0.05, 0.1) is 17.8 Å². The van der Waals surface area contributed by atoms with Crippen LogP contribution in [-0.4, -0.2) is 11.1 Å². The van der Waals surface area contributed by atoms with E-state index in [0.717, 1.165) is 37.7 Å². The van der Waals surface area contributed by atoms with Crippen LogP contribution >= 0.6 is 0 Å². The first kappa shape index (κ1) is 30.0. The molecule has 2 aliphatic carbocycles. The van der Waals surface area contributed by atoms with Gasteiger partial charge in [-0.15, -0.1) is 0 Å². The van der Waals surface area contributed by atoms with Crippen LogP contribution in [-0.2, 0) is 21.5 Å². The summed E-state index contributed by atoms with van der Waals surface area (Å²) in [5.41, 5.74) is 10.1. The molecule has 2 heterocycles. The van der Waals surface area contributed by atoms with Crippen molar-refractivity contribution in [2.45, 2.75) is 144 Å². The van der Waals surface area contributed by atoms with Crippen LogP contribution in [0.4, 0.5) is 0 Å². The third kappa shape index (κ3) is 5.91. The fourth-order valence-electron chi connectivity index (χ4n) is 6.82. The molecule has 1 aliphatic heterocycles. The normalized spacial score (nSPS) is 23.2. The predicted octanol–water partition coefficient (Wildman–Crippen LogP) is 10.4. The highest BCUT2D eigenvalue weighted by Crippen LogP contribution is 2.60. The topological polar surface area (TPSA) is 31.4 Å². The van der Waals surface area contributed by atoms with Crippen LogP contribution in [0, 0.1) is 5.41 Å². The molecule has 1 spiro atoms. The first-order valence-corrected chi connectivity index (χ1v) is 15.6. The van der Waals surface area contributed by atoms with Gasteiger partial charge in [-0.05, 0) is 74.0 Å². The SMILES string of the molecule is C=C(C)c1ccc([C@H]2OC3(CCCC3)c3c2c(C(C)C)nc2c3[C@@H](OC(C)CC)CC(C)(C)C2)cc1.CCC. The summed E-state index contributed by atoms with van der Waals surface area (Å²) < 4.78 is 14.0. The molecule has 0 saturated heterocycles. The molecule has 3 aliphatic rings. The number of aromatic nitrogens is 1. The van der Waals surface area contributed by atoms with Gasteiger partial charge in [0.2, 0.25) is 0 Å². The minimum absolute atomic E-state index is 0.0757. The molecule has 1 unspecified atom stereocenters. The van der Waals surface area contributed by atoms with Crippen molar-refractivity contribution >= 4 is 5.57 Å². The van der Waals surface area contributed by atoms with E-state index in [1.807, 2.05) is 0 Å². The van der Waals surface area contributed by atoms with Crippen molar-refractivity contribution < 1.29 is 9.47 Å². The smallest absolute Gasteiger partial charge is 0.111 e. The van der Waals surface area contributed by atoms with Gasteiger partial charge < -0.3 is 9.47 Å². The lowest BCUT2D eigenvalue weighted by atomic mass is 9.70. The molecule has 3 atom stereocenters.